The third-order valence-corrected chi connectivity index (χ3v) is 2.22. The van der Waals surface area contributed by atoms with E-state index in [-0.39, 0.29) is 0 Å². The summed E-state index contributed by atoms with van der Waals surface area (Å²) in [5.41, 5.74) is -0.320. The fourth-order valence-electron chi connectivity index (χ4n) is 1.34. The second-order valence-electron chi connectivity index (χ2n) is 3.20. The second-order valence-corrected chi connectivity index (χ2v) is 3.20. The lowest BCUT2D eigenvalue weighted by molar-refractivity contribution is -0.144. The lowest BCUT2D eigenvalue weighted by Crippen LogP contribution is -2.46. The fraction of sp³-hybridized carbons (Fsp3) is 0.400. The van der Waals surface area contributed by atoms with Crippen molar-refractivity contribution in [3.63, 3.8) is 0 Å². The predicted octanol–water partition coefficient (Wildman–Crippen LogP) is 0.991. The highest BCUT2D eigenvalue weighted by atomic mass is 16.4. The van der Waals surface area contributed by atoms with Crippen molar-refractivity contribution in [3.8, 4) is 0 Å². The van der Waals surface area contributed by atoms with E-state index in [2.05, 4.69) is 10.3 Å². The van der Waals surface area contributed by atoms with Gasteiger partial charge in [0, 0.05) is 12.4 Å². The Labute approximate surface area is 83.0 Å². The number of likely N-dealkylation sites (N-methyl/N-ethyl adjacent to an activating group) is 1. The lowest BCUT2D eigenvalue weighted by Gasteiger charge is -2.25. The smallest absolute Gasteiger partial charge is 0.328 e. The van der Waals surface area contributed by atoms with Crippen LogP contribution in [0.1, 0.15) is 19.4 Å². The Hall–Kier alpha value is -1.42. The van der Waals surface area contributed by atoms with E-state index in [1.165, 1.54) is 0 Å². The highest BCUT2D eigenvalue weighted by Crippen LogP contribution is 2.19. The molecule has 76 valence electrons. The van der Waals surface area contributed by atoms with Crippen LogP contribution in [0.5, 0.6) is 0 Å². The van der Waals surface area contributed by atoms with Gasteiger partial charge in [-0.1, -0.05) is 6.92 Å². The van der Waals surface area contributed by atoms with Crippen LogP contribution in [0.4, 0.5) is 0 Å². The van der Waals surface area contributed by atoms with Crippen LogP contribution in [-0.2, 0) is 10.3 Å². The number of carboxylic acids is 1. The molecule has 0 radical (unpaired) electrons. The van der Waals surface area contributed by atoms with Crippen molar-refractivity contribution < 1.29 is 9.90 Å². The van der Waals surface area contributed by atoms with E-state index in [4.69, 9.17) is 5.11 Å². The summed E-state index contributed by atoms with van der Waals surface area (Å²) < 4.78 is 0. The molecule has 0 aliphatic heterocycles. The number of carboxylic acid groups (broad SMARTS) is 1. The van der Waals surface area contributed by atoms with Gasteiger partial charge in [-0.05, 0) is 31.2 Å². The number of carbonyl (C=O) groups is 1. The molecule has 0 bridgehead atoms. The maximum absolute atomic E-state index is 11.1. The van der Waals surface area contributed by atoms with Gasteiger partial charge in [-0.3, -0.25) is 10.3 Å². The highest BCUT2D eigenvalue weighted by molar-refractivity contribution is 5.80. The summed E-state index contributed by atoms with van der Waals surface area (Å²) in [7, 11) is 0. The molecule has 2 N–H and O–H groups in total. The summed E-state index contributed by atoms with van der Waals surface area (Å²) in [4.78, 5) is 15.0. The molecular formula is C10H14N2O2. The third-order valence-electron chi connectivity index (χ3n) is 2.22. The Kier molecular flexibility index (Phi) is 3.19. The average molecular weight is 194 g/mol. The SMILES string of the molecule is CCNC(C)(C(=O)O)c1ccncc1. The Bertz CT molecular complexity index is 313. The molecule has 0 saturated heterocycles. The summed E-state index contributed by atoms with van der Waals surface area (Å²) in [6.45, 7) is 4.13. The molecule has 0 aromatic carbocycles. The Morgan fingerprint density at radius 2 is 2.14 bits per heavy atom. The van der Waals surface area contributed by atoms with Gasteiger partial charge in [0.1, 0.15) is 5.54 Å². The number of aromatic nitrogens is 1. The molecule has 4 heteroatoms. The zero-order valence-electron chi connectivity index (χ0n) is 8.32. The molecule has 0 saturated carbocycles. The molecule has 0 aliphatic carbocycles. The number of hydrogen-bond donors (Lipinski definition) is 2. The average Bonchev–Trinajstić information content (AvgIpc) is 2.19. The van der Waals surface area contributed by atoms with Gasteiger partial charge in [0.05, 0.1) is 0 Å². The summed E-state index contributed by atoms with van der Waals surface area (Å²) in [5, 5.41) is 12.1. The van der Waals surface area contributed by atoms with Crippen LogP contribution in [0.2, 0.25) is 0 Å². The van der Waals surface area contributed by atoms with Crippen molar-refractivity contribution in [1.29, 1.82) is 0 Å². The number of aliphatic carboxylic acids is 1. The van der Waals surface area contributed by atoms with E-state index in [1.807, 2.05) is 6.92 Å². The van der Waals surface area contributed by atoms with Crippen molar-refractivity contribution in [1.82, 2.24) is 10.3 Å². The maximum Gasteiger partial charge on any atom is 0.328 e. The first-order chi connectivity index (χ1) is 6.61. The summed E-state index contributed by atoms with van der Waals surface area (Å²) >= 11 is 0. The van der Waals surface area contributed by atoms with Crippen molar-refractivity contribution in [2.75, 3.05) is 6.54 Å². The fourth-order valence-corrected chi connectivity index (χ4v) is 1.34. The molecule has 4 nitrogen and oxygen atoms in total. The van der Waals surface area contributed by atoms with Gasteiger partial charge in [-0.2, -0.15) is 0 Å². The topological polar surface area (TPSA) is 62.2 Å². The van der Waals surface area contributed by atoms with Gasteiger partial charge in [-0.15, -0.1) is 0 Å². The lowest BCUT2D eigenvalue weighted by atomic mass is 9.93. The van der Waals surface area contributed by atoms with Crippen molar-refractivity contribution in [2.45, 2.75) is 19.4 Å². The van der Waals surface area contributed by atoms with Gasteiger partial charge >= 0.3 is 5.97 Å². The minimum Gasteiger partial charge on any atom is -0.480 e. The zero-order valence-corrected chi connectivity index (χ0v) is 8.32. The molecule has 1 rings (SSSR count). The van der Waals surface area contributed by atoms with E-state index in [1.54, 1.807) is 31.5 Å². The number of hydrogen-bond acceptors (Lipinski definition) is 3. The first-order valence-electron chi connectivity index (χ1n) is 4.50. The monoisotopic (exact) mass is 194 g/mol. The quantitative estimate of drug-likeness (QED) is 0.750. The second kappa shape index (κ2) is 4.19. The molecule has 1 aromatic rings. The molecule has 0 fully saturated rings. The van der Waals surface area contributed by atoms with Crippen LogP contribution in [-0.4, -0.2) is 22.6 Å². The summed E-state index contributed by atoms with van der Waals surface area (Å²) in [6, 6.07) is 3.41. The van der Waals surface area contributed by atoms with Gasteiger partial charge in [0.15, 0.2) is 0 Å². The Morgan fingerprint density at radius 1 is 1.57 bits per heavy atom. The van der Waals surface area contributed by atoms with Gasteiger partial charge in [0.25, 0.3) is 0 Å². The molecule has 1 atom stereocenters. The van der Waals surface area contributed by atoms with E-state index in [9.17, 15) is 4.79 Å². The molecular weight excluding hydrogens is 180 g/mol. The van der Waals surface area contributed by atoms with Crippen LogP contribution in [0.25, 0.3) is 0 Å². The van der Waals surface area contributed by atoms with E-state index < -0.39 is 11.5 Å². The van der Waals surface area contributed by atoms with E-state index >= 15 is 0 Å². The summed E-state index contributed by atoms with van der Waals surface area (Å²) in [5.74, 6) is -0.884. The van der Waals surface area contributed by atoms with Gasteiger partial charge in [-0.25, -0.2) is 4.79 Å². The molecule has 0 aliphatic rings. The van der Waals surface area contributed by atoms with E-state index in [0.29, 0.717) is 12.1 Å². The standard InChI is InChI=1S/C10H14N2O2/c1-3-12-10(2,9(13)14)8-4-6-11-7-5-8/h4-7,12H,3H2,1-2H3,(H,13,14). The van der Waals surface area contributed by atoms with Crippen molar-refractivity contribution >= 4 is 5.97 Å². The maximum atomic E-state index is 11.1. The third kappa shape index (κ3) is 1.90. The predicted molar refractivity (Wildman–Crippen MR) is 52.9 cm³/mol. The number of pyridine rings is 1. The Morgan fingerprint density at radius 3 is 2.57 bits per heavy atom. The first kappa shape index (κ1) is 10.7. The first-order valence-corrected chi connectivity index (χ1v) is 4.50. The molecule has 0 spiro atoms. The van der Waals surface area contributed by atoms with Crippen LogP contribution >= 0.6 is 0 Å². The molecule has 14 heavy (non-hydrogen) atoms. The van der Waals surface area contributed by atoms with Crippen molar-refractivity contribution in [2.24, 2.45) is 0 Å². The van der Waals surface area contributed by atoms with Crippen LogP contribution in [0.15, 0.2) is 24.5 Å². The number of nitrogens with one attached hydrogen (secondary N) is 1. The molecule has 1 unspecified atom stereocenters. The molecule has 1 aromatic heterocycles. The minimum atomic E-state index is -1.03. The van der Waals surface area contributed by atoms with Crippen molar-refractivity contribution in [3.05, 3.63) is 30.1 Å². The molecule has 1 heterocycles. The zero-order chi connectivity index (χ0) is 10.6. The largest absolute Gasteiger partial charge is 0.480 e. The van der Waals surface area contributed by atoms with Crippen LogP contribution < -0.4 is 5.32 Å². The Balaban J connectivity index is 3.06. The van der Waals surface area contributed by atoms with E-state index in [0.717, 1.165) is 0 Å². The van der Waals surface area contributed by atoms with Crippen LogP contribution in [0.3, 0.4) is 0 Å². The summed E-state index contributed by atoms with van der Waals surface area (Å²) in [6.07, 6.45) is 3.18. The number of nitrogens with zero attached hydrogens (tertiary/aromatic N) is 1. The number of rotatable bonds is 4. The van der Waals surface area contributed by atoms with Gasteiger partial charge < -0.3 is 5.11 Å². The van der Waals surface area contributed by atoms with Gasteiger partial charge in [0.2, 0.25) is 0 Å². The van der Waals surface area contributed by atoms with Crippen LogP contribution in [0, 0.1) is 0 Å². The normalized spacial score (nSPS) is 14.7. The highest BCUT2D eigenvalue weighted by Gasteiger charge is 2.33. The minimum absolute atomic E-state index is 0.602. The molecule has 0 amide bonds.